The Morgan fingerprint density at radius 2 is 1.86 bits per heavy atom. The van der Waals surface area contributed by atoms with Gasteiger partial charge in [-0.25, -0.2) is 0 Å². The van der Waals surface area contributed by atoms with E-state index in [0.717, 1.165) is 6.07 Å². The van der Waals surface area contributed by atoms with Crippen molar-refractivity contribution < 1.29 is 18.0 Å². The molecule has 22 heavy (non-hydrogen) atoms. The van der Waals surface area contributed by atoms with E-state index in [2.05, 4.69) is 5.32 Å². The lowest BCUT2D eigenvalue weighted by Gasteiger charge is -2.13. The van der Waals surface area contributed by atoms with Crippen molar-refractivity contribution in [1.82, 2.24) is 4.90 Å². The summed E-state index contributed by atoms with van der Waals surface area (Å²) in [6.45, 7) is 6.10. The first-order valence-corrected chi connectivity index (χ1v) is 7.00. The van der Waals surface area contributed by atoms with Crippen LogP contribution >= 0.6 is 0 Å². The fourth-order valence-corrected chi connectivity index (χ4v) is 1.55. The normalized spacial score (nSPS) is 11.3. The number of rotatable bonds is 4. The van der Waals surface area contributed by atoms with Gasteiger partial charge in [-0.05, 0) is 33.2 Å². The van der Waals surface area contributed by atoms with Crippen LogP contribution in [0.2, 0.25) is 0 Å². The Morgan fingerprint density at radius 3 is 2.36 bits per heavy atom. The second kappa shape index (κ2) is 9.25. The van der Waals surface area contributed by atoms with Gasteiger partial charge < -0.3 is 10.2 Å². The van der Waals surface area contributed by atoms with Crippen molar-refractivity contribution in [2.75, 3.05) is 26.0 Å². The highest BCUT2D eigenvalue weighted by Crippen LogP contribution is 2.35. The molecule has 0 saturated carbocycles. The van der Waals surface area contributed by atoms with Crippen molar-refractivity contribution in [3.8, 4) is 0 Å². The van der Waals surface area contributed by atoms with E-state index >= 15 is 0 Å². The van der Waals surface area contributed by atoms with Crippen LogP contribution in [-0.4, -0.2) is 31.4 Å². The van der Waals surface area contributed by atoms with Gasteiger partial charge in [0.2, 0.25) is 5.91 Å². The molecule has 3 nitrogen and oxygen atoms in total. The number of anilines is 1. The van der Waals surface area contributed by atoms with Crippen LogP contribution in [0, 0.1) is 6.92 Å². The SMILES string of the molecule is CC.Cc1ccc(NC(=O)/C=C/CN(C)C)c(C(F)(F)F)c1. The van der Waals surface area contributed by atoms with Gasteiger partial charge in [-0.3, -0.25) is 4.79 Å². The molecule has 0 spiro atoms. The second-order valence-electron chi connectivity index (χ2n) is 4.70. The predicted octanol–water partition coefficient (Wildman–Crippen LogP) is 4.10. The van der Waals surface area contributed by atoms with Crippen molar-refractivity contribution in [2.24, 2.45) is 0 Å². The molecule has 1 rings (SSSR count). The molecule has 6 heteroatoms. The molecule has 124 valence electrons. The Hall–Kier alpha value is -1.82. The molecule has 1 aromatic rings. The summed E-state index contributed by atoms with van der Waals surface area (Å²) in [4.78, 5) is 13.4. The highest BCUT2D eigenvalue weighted by molar-refractivity contribution is 5.99. The molecule has 0 saturated heterocycles. The molecule has 0 unspecified atom stereocenters. The average Bonchev–Trinajstić information content (AvgIpc) is 2.41. The number of hydrogen-bond acceptors (Lipinski definition) is 2. The largest absolute Gasteiger partial charge is 0.418 e. The molecule has 1 amide bonds. The zero-order valence-corrected chi connectivity index (χ0v) is 13.6. The van der Waals surface area contributed by atoms with Gasteiger partial charge in [0.25, 0.3) is 0 Å². The summed E-state index contributed by atoms with van der Waals surface area (Å²) in [6.07, 6.45) is -1.70. The first-order valence-electron chi connectivity index (χ1n) is 7.00. The van der Waals surface area contributed by atoms with E-state index in [1.54, 1.807) is 13.0 Å². The van der Waals surface area contributed by atoms with Crippen LogP contribution in [0.1, 0.15) is 25.0 Å². The van der Waals surface area contributed by atoms with E-state index in [1.165, 1.54) is 18.2 Å². The summed E-state index contributed by atoms with van der Waals surface area (Å²) in [5.41, 5.74) is -0.590. The third kappa shape index (κ3) is 7.26. The Bertz CT molecular complexity index is 509. The summed E-state index contributed by atoms with van der Waals surface area (Å²) < 4.78 is 38.6. The molecular formula is C16H23F3N2O. The number of hydrogen-bond donors (Lipinski definition) is 1. The van der Waals surface area contributed by atoms with E-state index in [9.17, 15) is 18.0 Å². The van der Waals surface area contributed by atoms with Gasteiger partial charge in [-0.15, -0.1) is 0 Å². The van der Waals surface area contributed by atoms with Crippen LogP contribution < -0.4 is 5.32 Å². The van der Waals surface area contributed by atoms with Crippen molar-refractivity contribution >= 4 is 11.6 Å². The van der Waals surface area contributed by atoms with Crippen molar-refractivity contribution in [2.45, 2.75) is 26.9 Å². The molecule has 0 aromatic heterocycles. The smallest absolute Gasteiger partial charge is 0.322 e. The third-order valence-corrected chi connectivity index (χ3v) is 2.48. The summed E-state index contributed by atoms with van der Waals surface area (Å²) in [5, 5.41) is 2.25. The molecule has 0 bridgehead atoms. The Kier molecular flexibility index (Phi) is 8.48. The van der Waals surface area contributed by atoms with Crippen LogP contribution in [0.5, 0.6) is 0 Å². The number of benzene rings is 1. The topological polar surface area (TPSA) is 32.3 Å². The third-order valence-electron chi connectivity index (χ3n) is 2.48. The monoisotopic (exact) mass is 316 g/mol. The van der Waals surface area contributed by atoms with Gasteiger partial charge >= 0.3 is 6.18 Å². The molecule has 0 aliphatic heterocycles. The lowest BCUT2D eigenvalue weighted by atomic mass is 10.1. The van der Waals surface area contributed by atoms with Crippen molar-refractivity contribution in [3.63, 3.8) is 0 Å². The molecule has 0 heterocycles. The van der Waals surface area contributed by atoms with E-state index < -0.39 is 17.6 Å². The number of alkyl halides is 3. The van der Waals surface area contributed by atoms with Gasteiger partial charge in [0.05, 0.1) is 11.3 Å². The Labute approximate surface area is 129 Å². The number of aryl methyl sites for hydroxylation is 1. The van der Waals surface area contributed by atoms with Crippen LogP contribution in [0.4, 0.5) is 18.9 Å². The van der Waals surface area contributed by atoms with Crippen LogP contribution in [0.25, 0.3) is 0 Å². The van der Waals surface area contributed by atoms with Crippen LogP contribution in [0.3, 0.4) is 0 Å². The van der Waals surface area contributed by atoms with Crippen molar-refractivity contribution in [3.05, 3.63) is 41.5 Å². The van der Waals surface area contributed by atoms with E-state index in [4.69, 9.17) is 0 Å². The number of nitrogens with one attached hydrogen (secondary N) is 1. The minimum absolute atomic E-state index is 0.234. The number of carbonyl (C=O) groups is 1. The fraction of sp³-hybridized carbons (Fsp3) is 0.438. The Morgan fingerprint density at radius 1 is 1.27 bits per heavy atom. The molecule has 0 radical (unpaired) electrons. The highest BCUT2D eigenvalue weighted by atomic mass is 19.4. The lowest BCUT2D eigenvalue weighted by molar-refractivity contribution is -0.137. The van der Waals surface area contributed by atoms with Gasteiger partial charge in [0, 0.05) is 12.6 Å². The molecule has 0 atom stereocenters. The number of likely N-dealkylation sites (N-methyl/N-ethyl adjacent to an activating group) is 1. The molecule has 0 fully saturated rings. The molecule has 1 aromatic carbocycles. The minimum Gasteiger partial charge on any atom is -0.322 e. The number of nitrogens with zero attached hydrogens (tertiary/aromatic N) is 1. The van der Waals surface area contributed by atoms with Gasteiger partial charge in [-0.1, -0.05) is 31.6 Å². The maximum Gasteiger partial charge on any atom is 0.418 e. The Balaban J connectivity index is 0.00000211. The summed E-state index contributed by atoms with van der Waals surface area (Å²) in [5.74, 6) is -0.582. The number of amides is 1. The summed E-state index contributed by atoms with van der Waals surface area (Å²) in [6, 6.07) is 3.80. The first-order chi connectivity index (χ1) is 10.2. The minimum atomic E-state index is -4.50. The maximum atomic E-state index is 12.9. The molecule has 0 aliphatic carbocycles. The van der Waals surface area contributed by atoms with E-state index in [-0.39, 0.29) is 5.69 Å². The van der Waals surface area contributed by atoms with Crippen LogP contribution in [-0.2, 0) is 11.0 Å². The standard InChI is InChI=1S/C14H17F3N2O.C2H6/c1-10-6-7-12(11(9-10)14(15,16)17)18-13(20)5-4-8-19(2)3;1-2/h4-7,9H,8H2,1-3H3,(H,18,20);1-2H3/b5-4+;. The second-order valence-corrected chi connectivity index (χ2v) is 4.70. The number of carbonyl (C=O) groups excluding carboxylic acids is 1. The first kappa shape index (κ1) is 20.2. The van der Waals surface area contributed by atoms with Crippen LogP contribution in [0.15, 0.2) is 30.4 Å². The zero-order valence-electron chi connectivity index (χ0n) is 13.6. The maximum absolute atomic E-state index is 12.9. The molecule has 1 N–H and O–H groups in total. The quantitative estimate of drug-likeness (QED) is 0.848. The van der Waals surface area contributed by atoms with Crippen molar-refractivity contribution in [1.29, 1.82) is 0 Å². The number of halogens is 3. The zero-order chi connectivity index (χ0) is 17.3. The van der Waals surface area contributed by atoms with Gasteiger partial charge in [-0.2, -0.15) is 13.2 Å². The van der Waals surface area contributed by atoms with E-state index in [1.807, 2.05) is 32.8 Å². The van der Waals surface area contributed by atoms with E-state index in [0.29, 0.717) is 12.1 Å². The highest BCUT2D eigenvalue weighted by Gasteiger charge is 2.33. The fourth-order valence-electron chi connectivity index (χ4n) is 1.55. The molecular weight excluding hydrogens is 293 g/mol. The average molecular weight is 316 g/mol. The summed E-state index contributed by atoms with van der Waals surface area (Å²) >= 11 is 0. The summed E-state index contributed by atoms with van der Waals surface area (Å²) in [7, 11) is 3.65. The molecule has 0 aliphatic rings. The van der Waals surface area contributed by atoms with Gasteiger partial charge in [0.1, 0.15) is 0 Å². The lowest BCUT2D eigenvalue weighted by Crippen LogP contribution is -2.16. The predicted molar refractivity (Wildman–Crippen MR) is 83.9 cm³/mol. The van der Waals surface area contributed by atoms with Gasteiger partial charge in [0.15, 0.2) is 0 Å².